The second kappa shape index (κ2) is 9.25. The topological polar surface area (TPSA) is 55.4 Å². The number of hydroxylamine groups is 1. The van der Waals surface area contributed by atoms with Crippen LogP contribution in [-0.2, 0) is 17.7 Å². The molecule has 0 saturated carbocycles. The van der Waals surface area contributed by atoms with Crippen molar-refractivity contribution in [3.8, 4) is 0 Å². The van der Waals surface area contributed by atoms with Crippen LogP contribution < -0.4 is 5.48 Å². The van der Waals surface area contributed by atoms with E-state index in [2.05, 4.69) is 19.3 Å². The molecule has 2 aromatic rings. The number of carbonyl (C=O) groups is 2. The first-order chi connectivity index (χ1) is 12.1. The zero-order chi connectivity index (χ0) is 18.2. The van der Waals surface area contributed by atoms with Gasteiger partial charge in [-0.05, 0) is 30.0 Å². The highest BCUT2D eigenvalue weighted by molar-refractivity contribution is 6.05. The minimum Gasteiger partial charge on any atom is -0.304 e. The zero-order valence-corrected chi connectivity index (χ0v) is 15.0. The Morgan fingerprint density at radius 3 is 2.24 bits per heavy atom. The standard InChI is InChI=1S/C21H25NO3/c1-4-15-11-12-18(13-16(15)5-2)21(24)19(22-25-3)14-20(23)17-9-7-6-8-10-17/h6-13,19,22H,4-5,14H2,1-3H3. The normalized spacial score (nSPS) is 12.0. The number of carbonyl (C=O) groups excluding carboxylic acids is 2. The molecule has 1 unspecified atom stereocenters. The lowest BCUT2D eigenvalue weighted by Gasteiger charge is -2.17. The van der Waals surface area contributed by atoms with E-state index in [1.165, 1.54) is 18.2 Å². The fourth-order valence-corrected chi connectivity index (χ4v) is 2.91. The summed E-state index contributed by atoms with van der Waals surface area (Å²) < 4.78 is 0. The summed E-state index contributed by atoms with van der Waals surface area (Å²) >= 11 is 0. The first-order valence-corrected chi connectivity index (χ1v) is 8.63. The molecule has 0 aliphatic rings. The van der Waals surface area contributed by atoms with E-state index in [4.69, 9.17) is 4.84 Å². The van der Waals surface area contributed by atoms with Gasteiger partial charge in [0.15, 0.2) is 11.6 Å². The summed E-state index contributed by atoms with van der Waals surface area (Å²) in [6, 6.07) is 14.0. The third kappa shape index (κ3) is 4.84. The molecular weight excluding hydrogens is 314 g/mol. The predicted octanol–water partition coefficient (Wildman–Crippen LogP) is 3.79. The number of hydrogen-bond acceptors (Lipinski definition) is 4. The molecule has 0 aromatic heterocycles. The first-order valence-electron chi connectivity index (χ1n) is 8.63. The molecule has 0 spiro atoms. The molecule has 25 heavy (non-hydrogen) atoms. The van der Waals surface area contributed by atoms with Gasteiger partial charge in [-0.25, -0.2) is 0 Å². The maximum atomic E-state index is 12.9. The zero-order valence-electron chi connectivity index (χ0n) is 15.0. The molecule has 0 radical (unpaired) electrons. The summed E-state index contributed by atoms with van der Waals surface area (Å²) in [5, 5.41) is 0. The van der Waals surface area contributed by atoms with Crippen molar-refractivity contribution >= 4 is 11.6 Å². The van der Waals surface area contributed by atoms with Crippen LogP contribution in [-0.4, -0.2) is 24.7 Å². The molecular formula is C21H25NO3. The fraction of sp³-hybridized carbons (Fsp3) is 0.333. The lowest BCUT2D eigenvalue weighted by molar-refractivity contribution is 0.0473. The van der Waals surface area contributed by atoms with Gasteiger partial charge < -0.3 is 4.84 Å². The highest BCUT2D eigenvalue weighted by atomic mass is 16.6. The number of nitrogens with one attached hydrogen (secondary N) is 1. The molecule has 0 heterocycles. The molecule has 0 amide bonds. The van der Waals surface area contributed by atoms with Crippen molar-refractivity contribution in [1.82, 2.24) is 5.48 Å². The summed E-state index contributed by atoms with van der Waals surface area (Å²) in [5.74, 6) is -0.229. The smallest absolute Gasteiger partial charge is 0.182 e. The number of aryl methyl sites for hydroxylation is 2. The summed E-state index contributed by atoms with van der Waals surface area (Å²) in [4.78, 5) is 30.3. The van der Waals surface area contributed by atoms with Crippen LogP contribution in [0.1, 0.15) is 52.1 Å². The van der Waals surface area contributed by atoms with Crippen molar-refractivity contribution in [2.24, 2.45) is 0 Å². The maximum absolute atomic E-state index is 12.9. The lowest BCUT2D eigenvalue weighted by Crippen LogP contribution is -2.38. The Kier molecular flexibility index (Phi) is 7.04. The van der Waals surface area contributed by atoms with Gasteiger partial charge in [0, 0.05) is 17.5 Å². The second-order valence-corrected chi connectivity index (χ2v) is 5.92. The third-order valence-corrected chi connectivity index (χ3v) is 4.31. The van der Waals surface area contributed by atoms with Crippen LogP contribution in [0.3, 0.4) is 0 Å². The van der Waals surface area contributed by atoms with Crippen LogP contribution >= 0.6 is 0 Å². The quantitative estimate of drug-likeness (QED) is 0.558. The molecule has 4 heteroatoms. The maximum Gasteiger partial charge on any atom is 0.182 e. The van der Waals surface area contributed by atoms with Gasteiger partial charge in [-0.1, -0.05) is 56.3 Å². The van der Waals surface area contributed by atoms with E-state index < -0.39 is 6.04 Å². The van der Waals surface area contributed by atoms with E-state index in [1.807, 2.05) is 36.4 Å². The van der Waals surface area contributed by atoms with Crippen LogP contribution in [0.4, 0.5) is 0 Å². The minimum absolute atomic E-state index is 0.0493. The SMILES string of the molecule is CCc1ccc(C(=O)C(CC(=O)c2ccccc2)NOC)cc1CC. The Balaban J connectivity index is 2.21. The summed E-state index contributed by atoms with van der Waals surface area (Å²) in [5.41, 5.74) is 6.28. The summed E-state index contributed by atoms with van der Waals surface area (Å²) in [7, 11) is 1.45. The summed E-state index contributed by atoms with van der Waals surface area (Å²) in [6.45, 7) is 4.18. The Bertz CT molecular complexity index is 725. The van der Waals surface area contributed by atoms with Crippen molar-refractivity contribution in [2.75, 3.05) is 7.11 Å². The molecule has 0 saturated heterocycles. The monoisotopic (exact) mass is 339 g/mol. The van der Waals surface area contributed by atoms with Gasteiger partial charge >= 0.3 is 0 Å². The fourth-order valence-electron chi connectivity index (χ4n) is 2.91. The molecule has 132 valence electrons. The van der Waals surface area contributed by atoms with Crippen LogP contribution in [0, 0.1) is 0 Å². The lowest BCUT2D eigenvalue weighted by atomic mass is 9.93. The molecule has 2 aromatic carbocycles. The largest absolute Gasteiger partial charge is 0.304 e. The molecule has 1 atom stereocenters. The van der Waals surface area contributed by atoms with E-state index in [0.717, 1.165) is 12.8 Å². The van der Waals surface area contributed by atoms with Gasteiger partial charge in [-0.3, -0.25) is 9.59 Å². The van der Waals surface area contributed by atoms with E-state index in [-0.39, 0.29) is 18.0 Å². The Morgan fingerprint density at radius 1 is 0.960 bits per heavy atom. The molecule has 2 rings (SSSR count). The molecule has 0 aliphatic carbocycles. The van der Waals surface area contributed by atoms with E-state index >= 15 is 0 Å². The molecule has 0 bridgehead atoms. The van der Waals surface area contributed by atoms with Gasteiger partial charge in [-0.2, -0.15) is 5.48 Å². The van der Waals surface area contributed by atoms with Crippen molar-refractivity contribution in [3.05, 3.63) is 70.8 Å². The van der Waals surface area contributed by atoms with Crippen LogP contribution in [0.15, 0.2) is 48.5 Å². The van der Waals surface area contributed by atoms with Crippen LogP contribution in [0.5, 0.6) is 0 Å². The van der Waals surface area contributed by atoms with Crippen LogP contribution in [0.25, 0.3) is 0 Å². The predicted molar refractivity (Wildman–Crippen MR) is 98.9 cm³/mol. The van der Waals surface area contributed by atoms with Gasteiger partial charge in [0.1, 0.15) is 6.04 Å². The van der Waals surface area contributed by atoms with E-state index in [1.54, 1.807) is 12.1 Å². The highest BCUT2D eigenvalue weighted by Crippen LogP contribution is 2.17. The Hall–Kier alpha value is -2.30. The Morgan fingerprint density at radius 2 is 1.64 bits per heavy atom. The third-order valence-electron chi connectivity index (χ3n) is 4.31. The molecule has 0 fully saturated rings. The number of ketones is 2. The highest BCUT2D eigenvalue weighted by Gasteiger charge is 2.24. The van der Waals surface area contributed by atoms with Gasteiger partial charge in [0.25, 0.3) is 0 Å². The number of hydrogen-bond donors (Lipinski definition) is 1. The van der Waals surface area contributed by atoms with Gasteiger partial charge in [-0.15, -0.1) is 0 Å². The van der Waals surface area contributed by atoms with Crippen LogP contribution in [0.2, 0.25) is 0 Å². The van der Waals surface area contributed by atoms with Crippen molar-refractivity contribution in [3.63, 3.8) is 0 Å². The van der Waals surface area contributed by atoms with Crippen molar-refractivity contribution < 1.29 is 14.4 Å². The molecule has 4 nitrogen and oxygen atoms in total. The van der Waals surface area contributed by atoms with Crippen molar-refractivity contribution in [1.29, 1.82) is 0 Å². The molecule has 0 aliphatic heterocycles. The average Bonchev–Trinajstić information content (AvgIpc) is 2.67. The Labute approximate surface area is 149 Å². The summed E-state index contributed by atoms with van der Waals surface area (Å²) in [6.07, 6.45) is 1.85. The average molecular weight is 339 g/mol. The van der Waals surface area contributed by atoms with Crippen molar-refractivity contribution in [2.45, 2.75) is 39.2 Å². The van der Waals surface area contributed by atoms with E-state index in [9.17, 15) is 9.59 Å². The van der Waals surface area contributed by atoms with Gasteiger partial charge in [0.2, 0.25) is 0 Å². The first kappa shape index (κ1) is 19.0. The number of Topliss-reactive ketones (excluding diaryl/α,β-unsaturated/α-hetero) is 2. The van der Waals surface area contributed by atoms with E-state index in [0.29, 0.717) is 11.1 Å². The minimum atomic E-state index is -0.713. The molecule has 1 N–H and O–H groups in total. The second-order valence-electron chi connectivity index (χ2n) is 5.92. The number of benzene rings is 2. The number of rotatable bonds is 9. The van der Waals surface area contributed by atoms with Gasteiger partial charge in [0.05, 0.1) is 7.11 Å².